The van der Waals surface area contributed by atoms with Crippen molar-refractivity contribution in [2.75, 3.05) is 5.73 Å². The molecule has 0 atom stereocenters. The molecular formula is C18H15N3. The standard InChI is InChI=1S/C18H15N3/c19-16-9-4-10-17-18(16)20-12-21(17)11-14-7-3-6-13-5-1-2-8-15(13)14/h1-10,12H,11,19H2. The lowest BCUT2D eigenvalue weighted by Crippen LogP contribution is -1.99. The molecule has 0 aliphatic carbocycles. The molecule has 0 bridgehead atoms. The number of nitrogen functional groups attached to an aromatic ring is 1. The third-order valence-electron chi connectivity index (χ3n) is 3.90. The van der Waals surface area contributed by atoms with Crippen molar-refractivity contribution in [1.29, 1.82) is 0 Å². The lowest BCUT2D eigenvalue weighted by molar-refractivity contribution is 0.830. The minimum atomic E-state index is 0.726. The van der Waals surface area contributed by atoms with Gasteiger partial charge < -0.3 is 10.3 Å². The molecule has 0 amide bonds. The predicted octanol–water partition coefficient (Wildman–Crippen LogP) is 3.82. The molecule has 102 valence electrons. The summed E-state index contributed by atoms with van der Waals surface area (Å²) in [6.07, 6.45) is 1.86. The molecule has 0 fully saturated rings. The van der Waals surface area contributed by atoms with Gasteiger partial charge in [-0.3, -0.25) is 0 Å². The van der Waals surface area contributed by atoms with Crippen LogP contribution >= 0.6 is 0 Å². The van der Waals surface area contributed by atoms with E-state index in [1.54, 1.807) is 0 Å². The summed E-state index contributed by atoms with van der Waals surface area (Å²) >= 11 is 0. The molecule has 2 N–H and O–H groups in total. The van der Waals surface area contributed by atoms with Crippen LogP contribution in [0.15, 0.2) is 67.0 Å². The van der Waals surface area contributed by atoms with Crippen molar-refractivity contribution in [3.8, 4) is 0 Å². The minimum Gasteiger partial charge on any atom is -0.397 e. The van der Waals surface area contributed by atoms with Crippen LogP contribution in [-0.2, 0) is 6.54 Å². The molecule has 0 unspecified atom stereocenters. The molecule has 0 radical (unpaired) electrons. The summed E-state index contributed by atoms with van der Waals surface area (Å²) in [7, 11) is 0. The Hall–Kier alpha value is -2.81. The number of imidazole rings is 1. The zero-order valence-corrected chi connectivity index (χ0v) is 11.5. The minimum absolute atomic E-state index is 0.726. The average molecular weight is 273 g/mol. The number of nitrogens with two attached hydrogens (primary N) is 1. The molecule has 3 aromatic carbocycles. The molecule has 0 saturated carbocycles. The van der Waals surface area contributed by atoms with E-state index in [9.17, 15) is 0 Å². The monoisotopic (exact) mass is 273 g/mol. The summed E-state index contributed by atoms with van der Waals surface area (Å²) < 4.78 is 2.15. The van der Waals surface area contributed by atoms with Crippen LogP contribution in [0.5, 0.6) is 0 Å². The van der Waals surface area contributed by atoms with E-state index in [0.717, 1.165) is 23.3 Å². The molecule has 0 spiro atoms. The fourth-order valence-corrected chi connectivity index (χ4v) is 2.85. The highest BCUT2D eigenvalue weighted by molar-refractivity contribution is 5.88. The normalized spacial score (nSPS) is 11.2. The average Bonchev–Trinajstić information content (AvgIpc) is 2.92. The highest BCUT2D eigenvalue weighted by atomic mass is 15.0. The molecule has 0 aliphatic heterocycles. The van der Waals surface area contributed by atoms with Crippen LogP contribution < -0.4 is 5.73 Å². The summed E-state index contributed by atoms with van der Waals surface area (Å²) in [6.45, 7) is 0.793. The number of fused-ring (bicyclic) bond motifs is 2. The topological polar surface area (TPSA) is 43.8 Å². The van der Waals surface area contributed by atoms with E-state index in [2.05, 4.69) is 58.1 Å². The van der Waals surface area contributed by atoms with Gasteiger partial charge in [-0.15, -0.1) is 0 Å². The van der Waals surface area contributed by atoms with Crippen LogP contribution in [0.3, 0.4) is 0 Å². The maximum Gasteiger partial charge on any atom is 0.111 e. The van der Waals surface area contributed by atoms with Gasteiger partial charge in [0.15, 0.2) is 0 Å². The van der Waals surface area contributed by atoms with Crippen molar-refractivity contribution >= 4 is 27.5 Å². The molecule has 21 heavy (non-hydrogen) atoms. The zero-order chi connectivity index (χ0) is 14.2. The second kappa shape index (κ2) is 4.63. The van der Waals surface area contributed by atoms with E-state index in [1.165, 1.54) is 16.3 Å². The van der Waals surface area contributed by atoms with Crippen LogP contribution in [0.4, 0.5) is 5.69 Å². The number of aromatic nitrogens is 2. The van der Waals surface area contributed by atoms with Gasteiger partial charge in [-0.2, -0.15) is 0 Å². The van der Waals surface area contributed by atoms with E-state index in [1.807, 2.05) is 18.5 Å². The van der Waals surface area contributed by atoms with Gasteiger partial charge in [0.2, 0.25) is 0 Å². The molecule has 4 aromatic rings. The highest BCUT2D eigenvalue weighted by Crippen LogP contribution is 2.23. The first-order valence-electron chi connectivity index (χ1n) is 6.99. The molecule has 3 heteroatoms. The van der Waals surface area contributed by atoms with Crippen molar-refractivity contribution in [2.24, 2.45) is 0 Å². The van der Waals surface area contributed by atoms with Crippen LogP contribution in [0, 0.1) is 0 Å². The summed E-state index contributed by atoms with van der Waals surface area (Å²) in [5, 5.41) is 2.55. The van der Waals surface area contributed by atoms with Gasteiger partial charge in [-0.1, -0.05) is 48.5 Å². The third kappa shape index (κ3) is 1.94. The van der Waals surface area contributed by atoms with E-state index in [0.29, 0.717) is 0 Å². The Morgan fingerprint density at radius 1 is 0.905 bits per heavy atom. The van der Waals surface area contributed by atoms with Crippen molar-refractivity contribution in [3.05, 3.63) is 72.6 Å². The molecule has 3 nitrogen and oxygen atoms in total. The lowest BCUT2D eigenvalue weighted by Gasteiger charge is -2.08. The number of nitrogens with zero attached hydrogens (tertiary/aromatic N) is 2. The Morgan fingerprint density at radius 3 is 2.67 bits per heavy atom. The Bertz CT molecular complexity index is 932. The van der Waals surface area contributed by atoms with Crippen LogP contribution in [0.1, 0.15) is 5.56 Å². The van der Waals surface area contributed by atoms with E-state index >= 15 is 0 Å². The van der Waals surface area contributed by atoms with Gasteiger partial charge in [0.05, 0.1) is 17.5 Å². The summed E-state index contributed by atoms with van der Waals surface area (Å²) in [5.41, 5.74) is 9.94. The zero-order valence-electron chi connectivity index (χ0n) is 11.5. The van der Waals surface area contributed by atoms with Gasteiger partial charge in [-0.05, 0) is 28.5 Å². The van der Waals surface area contributed by atoms with Crippen molar-refractivity contribution in [1.82, 2.24) is 9.55 Å². The fourth-order valence-electron chi connectivity index (χ4n) is 2.85. The number of para-hydroxylation sites is 1. The Kier molecular flexibility index (Phi) is 2.64. The molecule has 1 aromatic heterocycles. The first kappa shape index (κ1) is 12.0. The fraction of sp³-hybridized carbons (Fsp3) is 0.0556. The Labute approximate surface area is 122 Å². The number of rotatable bonds is 2. The highest BCUT2D eigenvalue weighted by Gasteiger charge is 2.07. The van der Waals surface area contributed by atoms with Crippen molar-refractivity contribution < 1.29 is 0 Å². The molecule has 1 heterocycles. The van der Waals surface area contributed by atoms with E-state index in [4.69, 9.17) is 5.73 Å². The lowest BCUT2D eigenvalue weighted by atomic mass is 10.0. The quantitative estimate of drug-likeness (QED) is 0.564. The third-order valence-corrected chi connectivity index (χ3v) is 3.90. The van der Waals surface area contributed by atoms with Crippen LogP contribution in [0.25, 0.3) is 21.8 Å². The molecule has 4 rings (SSSR count). The van der Waals surface area contributed by atoms with Crippen LogP contribution in [-0.4, -0.2) is 9.55 Å². The number of hydrogen-bond acceptors (Lipinski definition) is 2. The summed E-state index contributed by atoms with van der Waals surface area (Å²) in [4.78, 5) is 4.43. The number of hydrogen-bond donors (Lipinski definition) is 1. The Morgan fingerprint density at radius 2 is 1.71 bits per heavy atom. The maximum absolute atomic E-state index is 5.98. The van der Waals surface area contributed by atoms with Crippen molar-refractivity contribution in [2.45, 2.75) is 6.54 Å². The van der Waals surface area contributed by atoms with Gasteiger partial charge in [0, 0.05) is 6.54 Å². The second-order valence-corrected chi connectivity index (χ2v) is 5.23. The largest absolute Gasteiger partial charge is 0.397 e. The predicted molar refractivity (Wildman–Crippen MR) is 87.2 cm³/mol. The first-order chi connectivity index (χ1) is 10.3. The van der Waals surface area contributed by atoms with Gasteiger partial charge in [-0.25, -0.2) is 4.98 Å². The van der Waals surface area contributed by atoms with Crippen LogP contribution in [0.2, 0.25) is 0 Å². The van der Waals surface area contributed by atoms with E-state index in [-0.39, 0.29) is 0 Å². The maximum atomic E-state index is 5.98. The molecule has 0 saturated heterocycles. The van der Waals surface area contributed by atoms with E-state index < -0.39 is 0 Å². The SMILES string of the molecule is Nc1cccc2c1ncn2Cc1cccc2ccccc12. The van der Waals surface area contributed by atoms with Crippen molar-refractivity contribution in [3.63, 3.8) is 0 Å². The summed E-state index contributed by atoms with van der Waals surface area (Å²) in [5.74, 6) is 0. The number of benzene rings is 3. The number of anilines is 1. The van der Waals surface area contributed by atoms with Gasteiger partial charge in [0.1, 0.15) is 5.52 Å². The van der Waals surface area contributed by atoms with Gasteiger partial charge in [0.25, 0.3) is 0 Å². The molecule has 0 aliphatic rings. The smallest absolute Gasteiger partial charge is 0.111 e. The Balaban J connectivity index is 1.85. The molecular weight excluding hydrogens is 258 g/mol. The van der Waals surface area contributed by atoms with Gasteiger partial charge >= 0.3 is 0 Å². The first-order valence-corrected chi connectivity index (χ1v) is 6.99. The second-order valence-electron chi connectivity index (χ2n) is 5.23. The summed E-state index contributed by atoms with van der Waals surface area (Å²) in [6, 6.07) is 20.8.